The molecule has 1 aliphatic rings. The van der Waals surface area contributed by atoms with E-state index < -0.39 is 0 Å². The molecule has 0 saturated carbocycles. The lowest BCUT2D eigenvalue weighted by Gasteiger charge is -2.18. The number of rotatable bonds is 9. The largest absolute Gasteiger partial charge is 0.465 e. The summed E-state index contributed by atoms with van der Waals surface area (Å²) in [6.45, 7) is 6.22. The molecule has 5 aromatic rings. The predicted molar refractivity (Wildman–Crippen MR) is 154 cm³/mol. The highest BCUT2D eigenvalue weighted by Gasteiger charge is 2.26. The van der Waals surface area contributed by atoms with Gasteiger partial charge in [-0.25, -0.2) is 14.8 Å². The number of esters is 1. The van der Waals surface area contributed by atoms with E-state index in [1.165, 1.54) is 12.7 Å². The Kier molecular flexibility index (Phi) is 7.33. The van der Waals surface area contributed by atoms with Crippen LogP contribution in [0.3, 0.4) is 0 Å². The van der Waals surface area contributed by atoms with E-state index in [1.807, 2.05) is 61.1 Å². The standard InChI is InChI=1S/C32H33N5O3/c1-3-36-22-33-18-26(36)20-37-30-17-24(32(38)39-2)12-13-29(30)34-31(37)21-35-15-14-25(19-35)23-8-7-11-28(16-23)40-27-9-5-4-6-10-27/h4-13,16-18,22,25H,3,14-15,19-21H2,1-2H3. The van der Waals surface area contributed by atoms with Crippen LogP contribution in [-0.2, 0) is 24.4 Å². The Bertz CT molecular complexity index is 1620. The lowest BCUT2D eigenvalue weighted by molar-refractivity contribution is 0.0601. The van der Waals surface area contributed by atoms with Gasteiger partial charge >= 0.3 is 5.97 Å². The smallest absolute Gasteiger partial charge is 0.337 e. The second-order valence-electron chi connectivity index (χ2n) is 10.2. The van der Waals surface area contributed by atoms with E-state index in [9.17, 15) is 4.79 Å². The van der Waals surface area contributed by atoms with Crippen LogP contribution in [0.2, 0.25) is 0 Å². The maximum atomic E-state index is 12.3. The summed E-state index contributed by atoms with van der Waals surface area (Å²) >= 11 is 0. The van der Waals surface area contributed by atoms with Crippen molar-refractivity contribution in [3.63, 3.8) is 0 Å². The van der Waals surface area contributed by atoms with Crippen molar-refractivity contribution in [2.24, 2.45) is 0 Å². The zero-order chi connectivity index (χ0) is 27.5. The lowest BCUT2D eigenvalue weighted by atomic mass is 9.98. The molecule has 0 radical (unpaired) electrons. The first-order valence-corrected chi connectivity index (χ1v) is 13.7. The molecule has 2 aromatic heterocycles. The molecule has 204 valence electrons. The third-order valence-electron chi connectivity index (χ3n) is 7.65. The van der Waals surface area contributed by atoms with Crippen LogP contribution in [-0.4, -0.2) is 50.2 Å². The number of aromatic nitrogens is 4. The summed E-state index contributed by atoms with van der Waals surface area (Å²) in [4.78, 5) is 24.1. The number of carbonyl (C=O) groups excluding carboxylic acids is 1. The molecule has 1 unspecified atom stereocenters. The van der Waals surface area contributed by atoms with Crippen LogP contribution in [0.5, 0.6) is 11.5 Å². The van der Waals surface area contributed by atoms with E-state index in [4.69, 9.17) is 14.5 Å². The Morgan fingerprint density at radius 3 is 2.67 bits per heavy atom. The number of hydrogen-bond acceptors (Lipinski definition) is 6. The van der Waals surface area contributed by atoms with Gasteiger partial charge in [0.25, 0.3) is 0 Å². The first kappa shape index (κ1) is 25.8. The molecule has 8 nitrogen and oxygen atoms in total. The normalized spacial score (nSPS) is 15.5. The monoisotopic (exact) mass is 535 g/mol. The average Bonchev–Trinajstić information content (AvgIpc) is 3.73. The number of para-hydroxylation sites is 1. The fraction of sp³-hybridized carbons (Fsp3) is 0.281. The SMILES string of the molecule is CCn1cncc1Cn1c(CN2CCC(c3cccc(Oc4ccccc4)c3)C2)nc2ccc(C(=O)OC)cc21. The van der Waals surface area contributed by atoms with Crippen LogP contribution < -0.4 is 4.74 Å². The first-order chi connectivity index (χ1) is 19.6. The van der Waals surface area contributed by atoms with Crippen LogP contribution >= 0.6 is 0 Å². The van der Waals surface area contributed by atoms with Crippen molar-refractivity contribution < 1.29 is 14.3 Å². The Morgan fingerprint density at radius 1 is 1.00 bits per heavy atom. The van der Waals surface area contributed by atoms with Crippen molar-refractivity contribution in [2.75, 3.05) is 20.2 Å². The number of imidazole rings is 2. The quantitative estimate of drug-likeness (QED) is 0.220. The van der Waals surface area contributed by atoms with Crippen molar-refractivity contribution in [2.45, 2.75) is 38.9 Å². The number of likely N-dealkylation sites (tertiary alicyclic amines) is 1. The summed E-state index contributed by atoms with van der Waals surface area (Å²) in [5.41, 5.74) is 4.69. The molecule has 3 heterocycles. The van der Waals surface area contributed by atoms with Crippen molar-refractivity contribution in [3.8, 4) is 11.5 Å². The molecule has 8 heteroatoms. The van der Waals surface area contributed by atoms with Gasteiger partial charge < -0.3 is 18.6 Å². The van der Waals surface area contributed by atoms with Gasteiger partial charge in [-0.15, -0.1) is 0 Å². The number of methoxy groups -OCH3 is 1. The van der Waals surface area contributed by atoms with Gasteiger partial charge in [0.1, 0.15) is 17.3 Å². The second kappa shape index (κ2) is 11.4. The predicted octanol–water partition coefficient (Wildman–Crippen LogP) is 5.87. The minimum atomic E-state index is -0.351. The molecule has 1 fully saturated rings. The minimum absolute atomic E-state index is 0.351. The molecule has 0 bridgehead atoms. The van der Waals surface area contributed by atoms with E-state index in [0.717, 1.165) is 66.7 Å². The summed E-state index contributed by atoms with van der Waals surface area (Å²) < 4.78 is 15.4. The molecule has 40 heavy (non-hydrogen) atoms. The molecule has 1 atom stereocenters. The van der Waals surface area contributed by atoms with Crippen molar-refractivity contribution in [1.82, 2.24) is 24.0 Å². The molecular weight excluding hydrogens is 502 g/mol. The van der Waals surface area contributed by atoms with Crippen LogP contribution in [0.4, 0.5) is 0 Å². The summed E-state index contributed by atoms with van der Waals surface area (Å²) in [6.07, 6.45) is 4.83. The average molecular weight is 536 g/mol. The van der Waals surface area contributed by atoms with Crippen molar-refractivity contribution in [1.29, 1.82) is 0 Å². The number of fused-ring (bicyclic) bond motifs is 1. The fourth-order valence-corrected chi connectivity index (χ4v) is 5.55. The van der Waals surface area contributed by atoms with Crippen LogP contribution in [0.25, 0.3) is 11.0 Å². The molecular formula is C32H33N5O3. The minimum Gasteiger partial charge on any atom is -0.465 e. The van der Waals surface area contributed by atoms with E-state index in [-0.39, 0.29) is 5.97 Å². The highest BCUT2D eigenvalue weighted by atomic mass is 16.5. The number of carbonyl (C=O) groups is 1. The highest BCUT2D eigenvalue weighted by molar-refractivity contribution is 5.93. The summed E-state index contributed by atoms with van der Waals surface area (Å²) in [7, 11) is 1.41. The van der Waals surface area contributed by atoms with Gasteiger partial charge in [-0.3, -0.25) is 4.90 Å². The van der Waals surface area contributed by atoms with Gasteiger partial charge in [0.2, 0.25) is 0 Å². The van der Waals surface area contributed by atoms with Crippen molar-refractivity contribution in [3.05, 3.63) is 108 Å². The summed E-state index contributed by atoms with van der Waals surface area (Å²) in [6, 6.07) is 23.9. The number of nitrogens with zero attached hydrogens (tertiary/aromatic N) is 5. The van der Waals surface area contributed by atoms with Crippen LogP contribution in [0, 0.1) is 0 Å². The summed E-state index contributed by atoms with van der Waals surface area (Å²) in [5.74, 6) is 2.74. The molecule has 6 rings (SSSR count). The maximum Gasteiger partial charge on any atom is 0.337 e. The maximum absolute atomic E-state index is 12.3. The third kappa shape index (κ3) is 5.35. The molecule has 1 aliphatic heterocycles. The molecule has 0 spiro atoms. The van der Waals surface area contributed by atoms with Gasteiger partial charge in [0.15, 0.2) is 0 Å². The number of hydrogen-bond donors (Lipinski definition) is 0. The van der Waals surface area contributed by atoms with Gasteiger partial charge in [-0.05, 0) is 73.8 Å². The number of benzene rings is 3. The van der Waals surface area contributed by atoms with Gasteiger partial charge in [0, 0.05) is 19.3 Å². The third-order valence-corrected chi connectivity index (χ3v) is 7.65. The van der Waals surface area contributed by atoms with Gasteiger partial charge in [-0.2, -0.15) is 0 Å². The van der Waals surface area contributed by atoms with E-state index in [0.29, 0.717) is 18.0 Å². The fourth-order valence-electron chi connectivity index (χ4n) is 5.55. The molecule has 1 saturated heterocycles. The Hall–Kier alpha value is -4.43. The van der Waals surface area contributed by atoms with E-state index >= 15 is 0 Å². The summed E-state index contributed by atoms with van der Waals surface area (Å²) in [5, 5.41) is 0. The van der Waals surface area contributed by atoms with Gasteiger partial charge in [-0.1, -0.05) is 30.3 Å². The molecule has 0 N–H and O–H groups in total. The van der Waals surface area contributed by atoms with E-state index in [1.54, 1.807) is 6.07 Å². The number of ether oxygens (including phenoxy) is 2. The van der Waals surface area contributed by atoms with Crippen LogP contribution in [0.15, 0.2) is 85.3 Å². The van der Waals surface area contributed by atoms with Gasteiger partial charge in [0.05, 0.1) is 48.8 Å². The number of aryl methyl sites for hydroxylation is 1. The lowest BCUT2D eigenvalue weighted by Crippen LogP contribution is -2.23. The van der Waals surface area contributed by atoms with Crippen molar-refractivity contribution >= 4 is 17.0 Å². The Labute approximate surface area is 233 Å². The molecule has 0 aliphatic carbocycles. The van der Waals surface area contributed by atoms with E-state index in [2.05, 4.69) is 44.1 Å². The zero-order valence-electron chi connectivity index (χ0n) is 22.9. The zero-order valence-corrected chi connectivity index (χ0v) is 22.9. The Balaban J connectivity index is 1.24. The molecule has 3 aromatic carbocycles. The highest BCUT2D eigenvalue weighted by Crippen LogP contribution is 2.32. The van der Waals surface area contributed by atoms with Crippen LogP contribution in [0.1, 0.15) is 46.7 Å². The first-order valence-electron chi connectivity index (χ1n) is 13.7. The molecule has 0 amide bonds. The topological polar surface area (TPSA) is 74.4 Å². The second-order valence-corrected chi connectivity index (χ2v) is 10.2. The Morgan fingerprint density at radius 2 is 1.85 bits per heavy atom.